The van der Waals surface area contributed by atoms with Gasteiger partial charge in [0, 0.05) is 27.2 Å². The molecule has 0 saturated heterocycles. The molecule has 0 atom stereocenters. The number of rotatable bonds is 3. The van der Waals surface area contributed by atoms with Gasteiger partial charge in [-0.15, -0.1) is 0 Å². The van der Waals surface area contributed by atoms with Crippen LogP contribution in [0.3, 0.4) is 0 Å². The fourth-order valence-corrected chi connectivity index (χ4v) is 3.37. The zero-order valence-corrected chi connectivity index (χ0v) is 15.1. The van der Waals surface area contributed by atoms with E-state index in [0.717, 1.165) is 33.7 Å². The Kier molecular flexibility index (Phi) is 4.20. The molecule has 25 heavy (non-hydrogen) atoms. The van der Waals surface area contributed by atoms with Crippen LogP contribution in [0.2, 0.25) is 10.0 Å². The Morgan fingerprint density at radius 2 is 1.60 bits per heavy atom. The number of hydrogen-bond donors (Lipinski definition) is 0. The summed E-state index contributed by atoms with van der Waals surface area (Å²) in [4.78, 5) is 9.37. The molecule has 2 heterocycles. The molecule has 0 spiro atoms. The molecular formula is C20H15Cl2N3. The van der Waals surface area contributed by atoms with E-state index in [1.807, 2.05) is 60.2 Å². The predicted molar refractivity (Wildman–Crippen MR) is 103 cm³/mol. The zero-order chi connectivity index (χ0) is 17.4. The summed E-state index contributed by atoms with van der Waals surface area (Å²) in [5, 5.41) is 2.43. The molecule has 0 unspecified atom stereocenters. The predicted octanol–water partition coefficient (Wildman–Crippen LogP) is 5.76. The highest BCUT2D eigenvalue weighted by atomic mass is 35.5. The van der Waals surface area contributed by atoms with Crippen LogP contribution in [-0.4, -0.2) is 14.5 Å². The lowest BCUT2D eigenvalue weighted by Gasteiger charge is -2.09. The highest BCUT2D eigenvalue weighted by Gasteiger charge is 2.12. The Morgan fingerprint density at radius 3 is 2.40 bits per heavy atom. The molecule has 2 aromatic heterocycles. The SMILES string of the molecule is Cc1nc(-c2ccc3ccccc3n2)cn1Cc1c(Cl)cccc1Cl. The number of halogens is 2. The van der Waals surface area contributed by atoms with Crippen LogP contribution in [0, 0.1) is 6.92 Å². The molecular weight excluding hydrogens is 353 g/mol. The van der Waals surface area contributed by atoms with Gasteiger partial charge in [0.2, 0.25) is 0 Å². The van der Waals surface area contributed by atoms with Gasteiger partial charge in [-0.25, -0.2) is 9.97 Å². The van der Waals surface area contributed by atoms with E-state index in [4.69, 9.17) is 28.2 Å². The molecule has 2 aromatic carbocycles. The van der Waals surface area contributed by atoms with Crippen molar-refractivity contribution < 1.29 is 0 Å². The van der Waals surface area contributed by atoms with Gasteiger partial charge in [0.25, 0.3) is 0 Å². The summed E-state index contributed by atoms with van der Waals surface area (Å²) in [6.07, 6.45) is 1.99. The first-order valence-corrected chi connectivity index (χ1v) is 8.70. The minimum Gasteiger partial charge on any atom is -0.330 e. The summed E-state index contributed by atoms with van der Waals surface area (Å²) in [6, 6.07) is 17.7. The first-order valence-electron chi connectivity index (χ1n) is 7.94. The van der Waals surface area contributed by atoms with Gasteiger partial charge in [-0.3, -0.25) is 0 Å². The first kappa shape index (κ1) is 16.1. The Bertz CT molecular complexity index is 1050. The topological polar surface area (TPSA) is 30.7 Å². The summed E-state index contributed by atoms with van der Waals surface area (Å²) < 4.78 is 2.04. The van der Waals surface area contributed by atoms with E-state index >= 15 is 0 Å². The van der Waals surface area contributed by atoms with Crippen molar-refractivity contribution in [3.8, 4) is 11.4 Å². The maximum atomic E-state index is 6.29. The van der Waals surface area contributed by atoms with Crippen LogP contribution < -0.4 is 0 Å². The molecule has 0 bridgehead atoms. The standard InChI is InChI=1S/C20H15Cl2N3/c1-13-23-20(19-10-9-14-5-2-3-8-18(14)24-19)12-25(13)11-15-16(21)6-4-7-17(15)22/h2-10,12H,11H2,1H3. The third-order valence-corrected chi connectivity index (χ3v) is 4.94. The van der Waals surface area contributed by atoms with Crippen LogP contribution in [0.25, 0.3) is 22.3 Å². The molecule has 0 aliphatic heterocycles. The van der Waals surface area contributed by atoms with Crippen LogP contribution in [0.1, 0.15) is 11.4 Å². The van der Waals surface area contributed by atoms with Gasteiger partial charge >= 0.3 is 0 Å². The van der Waals surface area contributed by atoms with Crippen molar-refractivity contribution in [2.75, 3.05) is 0 Å². The van der Waals surface area contributed by atoms with Crippen LogP contribution >= 0.6 is 23.2 Å². The van der Waals surface area contributed by atoms with E-state index in [-0.39, 0.29) is 0 Å². The van der Waals surface area contributed by atoms with E-state index in [1.54, 1.807) is 0 Å². The van der Waals surface area contributed by atoms with Gasteiger partial charge in [0.15, 0.2) is 0 Å². The Morgan fingerprint density at radius 1 is 0.840 bits per heavy atom. The van der Waals surface area contributed by atoms with E-state index < -0.39 is 0 Å². The van der Waals surface area contributed by atoms with E-state index in [2.05, 4.69) is 17.1 Å². The minimum absolute atomic E-state index is 0.574. The molecule has 5 heteroatoms. The second kappa shape index (κ2) is 6.51. The molecule has 0 aliphatic rings. The molecule has 0 radical (unpaired) electrons. The Hall–Kier alpha value is -2.36. The van der Waals surface area contributed by atoms with Gasteiger partial charge < -0.3 is 4.57 Å². The van der Waals surface area contributed by atoms with Crippen molar-refractivity contribution in [3.05, 3.63) is 82.2 Å². The average molecular weight is 368 g/mol. The number of fused-ring (bicyclic) bond motifs is 1. The van der Waals surface area contributed by atoms with Gasteiger partial charge in [0.1, 0.15) is 11.5 Å². The number of para-hydroxylation sites is 1. The largest absolute Gasteiger partial charge is 0.330 e. The molecule has 0 N–H and O–H groups in total. The van der Waals surface area contributed by atoms with Gasteiger partial charge in [0.05, 0.1) is 17.8 Å². The highest BCUT2D eigenvalue weighted by Crippen LogP contribution is 2.27. The Labute approximate surface area is 155 Å². The highest BCUT2D eigenvalue weighted by molar-refractivity contribution is 6.35. The zero-order valence-electron chi connectivity index (χ0n) is 13.6. The van der Waals surface area contributed by atoms with Gasteiger partial charge in [-0.2, -0.15) is 0 Å². The van der Waals surface area contributed by atoms with Crippen molar-refractivity contribution in [1.29, 1.82) is 0 Å². The van der Waals surface area contributed by atoms with Crippen LogP contribution in [0.15, 0.2) is 60.8 Å². The fourth-order valence-electron chi connectivity index (χ4n) is 2.85. The van der Waals surface area contributed by atoms with Crippen molar-refractivity contribution in [3.63, 3.8) is 0 Å². The minimum atomic E-state index is 0.574. The third kappa shape index (κ3) is 3.13. The van der Waals surface area contributed by atoms with Gasteiger partial charge in [-0.05, 0) is 31.2 Å². The normalized spacial score (nSPS) is 11.2. The maximum Gasteiger partial charge on any atom is 0.107 e. The molecule has 4 rings (SSSR count). The van der Waals surface area contributed by atoms with Crippen LogP contribution in [0.5, 0.6) is 0 Å². The molecule has 0 aliphatic carbocycles. The molecule has 0 amide bonds. The molecule has 0 saturated carbocycles. The molecule has 4 aromatic rings. The second-order valence-electron chi connectivity index (χ2n) is 5.89. The van der Waals surface area contributed by atoms with Gasteiger partial charge in [-0.1, -0.05) is 53.5 Å². The molecule has 3 nitrogen and oxygen atoms in total. The number of aryl methyl sites for hydroxylation is 1. The smallest absolute Gasteiger partial charge is 0.107 e. The summed E-state index contributed by atoms with van der Waals surface area (Å²) in [7, 11) is 0. The lowest BCUT2D eigenvalue weighted by atomic mass is 10.2. The lowest BCUT2D eigenvalue weighted by molar-refractivity contribution is 0.762. The molecule has 0 fully saturated rings. The third-order valence-electron chi connectivity index (χ3n) is 4.23. The van der Waals surface area contributed by atoms with Crippen molar-refractivity contribution in [2.24, 2.45) is 0 Å². The average Bonchev–Trinajstić information content (AvgIpc) is 2.98. The number of hydrogen-bond acceptors (Lipinski definition) is 2. The number of imidazole rings is 1. The second-order valence-corrected chi connectivity index (χ2v) is 6.71. The Balaban J connectivity index is 1.72. The van der Waals surface area contributed by atoms with E-state index in [0.29, 0.717) is 16.6 Å². The number of nitrogens with zero attached hydrogens (tertiary/aromatic N) is 3. The monoisotopic (exact) mass is 367 g/mol. The van der Waals surface area contributed by atoms with Crippen molar-refractivity contribution in [2.45, 2.75) is 13.5 Å². The summed E-state index contributed by atoms with van der Waals surface area (Å²) in [6.45, 7) is 2.54. The summed E-state index contributed by atoms with van der Waals surface area (Å²) in [5.41, 5.74) is 3.54. The summed E-state index contributed by atoms with van der Waals surface area (Å²) in [5.74, 6) is 0.890. The quantitative estimate of drug-likeness (QED) is 0.460. The lowest BCUT2D eigenvalue weighted by Crippen LogP contribution is -2.02. The summed E-state index contributed by atoms with van der Waals surface area (Å²) >= 11 is 12.6. The van der Waals surface area contributed by atoms with Crippen LogP contribution in [0.4, 0.5) is 0 Å². The maximum absolute atomic E-state index is 6.29. The van der Waals surface area contributed by atoms with E-state index in [9.17, 15) is 0 Å². The number of benzene rings is 2. The van der Waals surface area contributed by atoms with Crippen molar-refractivity contribution in [1.82, 2.24) is 14.5 Å². The van der Waals surface area contributed by atoms with Crippen LogP contribution in [-0.2, 0) is 6.54 Å². The number of pyridine rings is 1. The van der Waals surface area contributed by atoms with Crippen molar-refractivity contribution >= 4 is 34.1 Å². The number of aromatic nitrogens is 3. The van der Waals surface area contributed by atoms with E-state index in [1.165, 1.54) is 0 Å². The fraction of sp³-hybridized carbons (Fsp3) is 0.100. The first-order chi connectivity index (χ1) is 12.1. The molecule has 124 valence electrons.